The van der Waals surface area contributed by atoms with E-state index in [0.717, 1.165) is 23.6 Å². The van der Waals surface area contributed by atoms with Gasteiger partial charge in [0.05, 0.1) is 24.8 Å². The van der Waals surface area contributed by atoms with Crippen molar-refractivity contribution in [3.63, 3.8) is 0 Å². The third-order valence-corrected chi connectivity index (χ3v) is 2.75. The second-order valence-corrected chi connectivity index (χ2v) is 3.91. The SMILES string of the molecule is CNCc1c(-c2cccc(OC)c2)ncn1C. The van der Waals surface area contributed by atoms with Crippen LogP contribution >= 0.6 is 0 Å². The molecule has 0 aliphatic heterocycles. The van der Waals surface area contributed by atoms with Crippen LogP contribution in [0.5, 0.6) is 5.75 Å². The number of nitrogens with zero attached hydrogens (tertiary/aromatic N) is 2. The Morgan fingerprint density at radius 2 is 2.24 bits per heavy atom. The average molecular weight is 231 g/mol. The third kappa shape index (κ3) is 2.31. The molecule has 1 aromatic heterocycles. The van der Waals surface area contributed by atoms with Crippen molar-refractivity contribution in [1.82, 2.24) is 14.9 Å². The zero-order valence-electron chi connectivity index (χ0n) is 10.4. The summed E-state index contributed by atoms with van der Waals surface area (Å²) in [6, 6.07) is 7.96. The molecule has 0 fully saturated rings. The molecule has 2 aromatic rings. The molecule has 1 aromatic carbocycles. The summed E-state index contributed by atoms with van der Waals surface area (Å²) in [5.74, 6) is 0.851. The Morgan fingerprint density at radius 3 is 2.94 bits per heavy atom. The molecule has 0 bridgehead atoms. The molecule has 1 N–H and O–H groups in total. The summed E-state index contributed by atoms with van der Waals surface area (Å²) >= 11 is 0. The van der Waals surface area contributed by atoms with Crippen LogP contribution in [0.25, 0.3) is 11.3 Å². The lowest BCUT2D eigenvalue weighted by molar-refractivity contribution is 0.415. The van der Waals surface area contributed by atoms with Crippen LogP contribution in [-0.2, 0) is 13.6 Å². The van der Waals surface area contributed by atoms with Crippen LogP contribution in [0.1, 0.15) is 5.69 Å². The van der Waals surface area contributed by atoms with Crippen LogP contribution in [-0.4, -0.2) is 23.7 Å². The molecule has 0 spiro atoms. The summed E-state index contributed by atoms with van der Waals surface area (Å²) in [4.78, 5) is 4.45. The molecular weight excluding hydrogens is 214 g/mol. The summed E-state index contributed by atoms with van der Waals surface area (Å²) in [5, 5.41) is 3.16. The number of hydrogen-bond donors (Lipinski definition) is 1. The van der Waals surface area contributed by atoms with Gasteiger partial charge >= 0.3 is 0 Å². The second-order valence-electron chi connectivity index (χ2n) is 3.91. The molecule has 0 radical (unpaired) electrons. The van der Waals surface area contributed by atoms with Crippen molar-refractivity contribution in [1.29, 1.82) is 0 Å². The first-order valence-electron chi connectivity index (χ1n) is 5.55. The minimum absolute atomic E-state index is 0.795. The number of methoxy groups -OCH3 is 1. The molecule has 0 aliphatic carbocycles. The van der Waals surface area contributed by atoms with Gasteiger partial charge in [-0.15, -0.1) is 0 Å². The average Bonchev–Trinajstić information content (AvgIpc) is 2.72. The molecule has 0 atom stereocenters. The normalized spacial score (nSPS) is 10.5. The highest BCUT2D eigenvalue weighted by atomic mass is 16.5. The van der Waals surface area contributed by atoms with E-state index in [9.17, 15) is 0 Å². The van der Waals surface area contributed by atoms with Gasteiger partial charge in [0.1, 0.15) is 5.75 Å². The summed E-state index contributed by atoms with van der Waals surface area (Å²) in [6.45, 7) is 0.795. The number of hydrogen-bond acceptors (Lipinski definition) is 3. The van der Waals surface area contributed by atoms with E-state index < -0.39 is 0 Å². The fraction of sp³-hybridized carbons (Fsp3) is 0.308. The zero-order valence-corrected chi connectivity index (χ0v) is 10.4. The van der Waals surface area contributed by atoms with Crippen molar-refractivity contribution in [2.24, 2.45) is 7.05 Å². The lowest BCUT2D eigenvalue weighted by Gasteiger charge is -2.06. The maximum Gasteiger partial charge on any atom is 0.119 e. The first-order valence-corrected chi connectivity index (χ1v) is 5.55. The molecule has 0 amide bonds. The monoisotopic (exact) mass is 231 g/mol. The van der Waals surface area contributed by atoms with Crippen LogP contribution in [0.4, 0.5) is 0 Å². The van der Waals surface area contributed by atoms with Gasteiger partial charge in [-0.25, -0.2) is 4.98 Å². The van der Waals surface area contributed by atoms with E-state index in [1.54, 1.807) is 7.11 Å². The molecule has 90 valence electrons. The van der Waals surface area contributed by atoms with E-state index in [1.165, 1.54) is 5.69 Å². The minimum atomic E-state index is 0.795. The van der Waals surface area contributed by atoms with Gasteiger partial charge in [0, 0.05) is 19.2 Å². The van der Waals surface area contributed by atoms with Crippen molar-refractivity contribution in [2.45, 2.75) is 6.54 Å². The standard InChI is InChI=1S/C13H17N3O/c1-14-8-12-13(15-9-16(12)2)10-5-4-6-11(7-10)17-3/h4-7,9,14H,8H2,1-3H3. The van der Waals surface area contributed by atoms with E-state index in [0.29, 0.717) is 0 Å². The zero-order chi connectivity index (χ0) is 12.3. The Kier molecular flexibility index (Phi) is 3.44. The van der Waals surface area contributed by atoms with Crippen LogP contribution in [0.2, 0.25) is 0 Å². The van der Waals surface area contributed by atoms with Crippen LogP contribution in [0.15, 0.2) is 30.6 Å². The van der Waals surface area contributed by atoms with E-state index in [1.807, 2.05) is 49.3 Å². The predicted molar refractivity (Wildman–Crippen MR) is 68.0 cm³/mol. The Hall–Kier alpha value is -1.81. The molecule has 17 heavy (non-hydrogen) atoms. The smallest absolute Gasteiger partial charge is 0.119 e. The highest BCUT2D eigenvalue weighted by Crippen LogP contribution is 2.25. The van der Waals surface area contributed by atoms with Crippen molar-refractivity contribution in [3.05, 3.63) is 36.3 Å². The highest BCUT2D eigenvalue weighted by molar-refractivity contribution is 5.63. The summed E-state index contributed by atoms with van der Waals surface area (Å²) < 4.78 is 7.27. The first kappa shape index (κ1) is 11.7. The Morgan fingerprint density at radius 1 is 1.41 bits per heavy atom. The van der Waals surface area contributed by atoms with Gasteiger partial charge in [0.15, 0.2) is 0 Å². The van der Waals surface area contributed by atoms with Crippen molar-refractivity contribution in [3.8, 4) is 17.0 Å². The van der Waals surface area contributed by atoms with E-state index >= 15 is 0 Å². The fourth-order valence-corrected chi connectivity index (χ4v) is 1.84. The molecule has 0 aliphatic rings. The fourth-order valence-electron chi connectivity index (χ4n) is 1.84. The van der Waals surface area contributed by atoms with Gasteiger partial charge in [-0.05, 0) is 19.2 Å². The molecule has 0 saturated carbocycles. The first-order chi connectivity index (χ1) is 8.26. The number of benzene rings is 1. The number of rotatable bonds is 4. The maximum atomic E-state index is 5.23. The Bertz CT molecular complexity index is 505. The summed E-state index contributed by atoms with van der Waals surface area (Å²) in [7, 11) is 5.61. The predicted octanol–water partition coefficient (Wildman–Crippen LogP) is 1.82. The van der Waals surface area contributed by atoms with E-state index in [2.05, 4.69) is 10.3 Å². The molecule has 0 saturated heterocycles. The third-order valence-electron chi connectivity index (χ3n) is 2.75. The number of ether oxygens (including phenoxy) is 1. The van der Waals surface area contributed by atoms with Gasteiger partial charge in [-0.2, -0.15) is 0 Å². The quantitative estimate of drug-likeness (QED) is 0.872. The topological polar surface area (TPSA) is 39.1 Å². The minimum Gasteiger partial charge on any atom is -0.497 e. The molecule has 1 heterocycles. The van der Waals surface area contributed by atoms with Crippen LogP contribution < -0.4 is 10.1 Å². The number of imidazole rings is 1. The second kappa shape index (κ2) is 5.01. The van der Waals surface area contributed by atoms with E-state index in [4.69, 9.17) is 4.74 Å². The lowest BCUT2D eigenvalue weighted by atomic mass is 10.1. The largest absolute Gasteiger partial charge is 0.497 e. The van der Waals surface area contributed by atoms with Gasteiger partial charge in [-0.3, -0.25) is 0 Å². The molecule has 0 unspecified atom stereocenters. The van der Waals surface area contributed by atoms with Gasteiger partial charge in [0.2, 0.25) is 0 Å². The molecule has 4 heteroatoms. The van der Waals surface area contributed by atoms with Gasteiger partial charge in [0.25, 0.3) is 0 Å². The van der Waals surface area contributed by atoms with Crippen molar-refractivity contribution in [2.75, 3.05) is 14.2 Å². The molecule has 2 rings (SSSR count). The summed E-state index contributed by atoms with van der Waals surface area (Å²) in [5.41, 5.74) is 3.25. The van der Waals surface area contributed by atoms with Crippen LogP contribution in [0.3, 0.4) is 0 Å². The van der Waals surface area contributed by atoms with Crippen LogP contribution in [0, 0.1) is 0 Å². The Balaban J connectivity index is 2.44. The van der Waals surface area contributed by atoms with Gasteiger partial charge < -0.3 is 14.6 Å². The van der Waals surface area contributed by atoms with Crippen molar-refractivity contribution < 1.29 is 4.74 Å². The number of aromatic nitrogens is 2. The lowest BCUT2D eigenvalue weighted by Crippen LogP contribution is -2.09. The number of nitrogens with one attached hydrogen (secondary N) is 1. The maximum absolute atomic E-state index is 5.23. The van der Waals surface area contributed by atoms with Gasteiger partial charge in [-0.1, -0.05) is 12.1 Å². The van der Waals surface area contributed by atoms with E-state index in [-0.39, 0.29) is 0 Å². The summed E-state index contributed by atoms with van der Waals surface area (Å²) in [6.07, 6.45) is 1.83. The number of aryl methyl sites for hydroxylation is 1. The molecular formula is C13H17N3O. The molecule has 4 nitrogen and oxygen atoms in total. The Labute approximate surface area is 101 Å². The van der Waals surface area contributed by atoms with Crippen molar-refractivity contribution >= 4 is 0 Å². The highest BCUT2D eigenvalue weighted by Gasteiger charge is 2.10.